The highest BCUT2D eigenvalue weighted by Crippen LogP contribution is 2.37. The Balaban J connectivity index is 2.42. The Morgan fingerprint density at radius 2 is 1.78 bits per heavy atom. The number of carbonyl (C=O) groups is 1. The molecule has 1 heterocycles. The van der Waals surface area contributed by atoms with Crippen molar-refractivity contribution in [3.63, 3.8) is 0 Å². The number of ether oxygens (including phenoxy) is 2. The van der Waals surface area contributed by atoms with Gasteiger partial charge in [-0.1, -0.05) is 53.4 Å². The summed E-state index contributed by atoms with van der Waals surface area (Å²) in [5.74, 6) is -0.196. The van der Waals surface area contributed by atoms with Crippen LogP contribution in [0.3, 0.4) is 0 Å². The summed E-state index contributed by atoms with van der Waals surface area (Å²) in [6, 6.07) is 0. The highest BCUT2D eigenvalue weighted by Gasteiger charge is 2.49. The fraction of sp³-hybridized carbons (Fsp3) is 0.933. The van der Waals surface area contributed by atoms with Gasteiger partial charge in [0.1, 0.15) is 0 Å². The smallest absolute Gasteiger partial charge is 0.340 e. The van der Waals surface area contributed by atoms with E-state index in [1.165, 1.54) is 25.7 Å². The monoisotopic (exact) mass is 256 g/mol. The van der Waals surface area contributed by atoms with Gasteiger partial charge >= 0.3 is 5.97 Å². The lowest BCUT2D eigenvalue weighted by Crippen LogP contribution is -2.34. The largest absolute Gasteiger partial charge is 0.433 e. The van der Waals surface area contributed by atoms with E-state index in [1.54, 1.807) is 0 Å². The molecule has 2 atom stereocenters. The molecule has 18 heavy (non-hydrogen) atoms. The molecule has 1 aliphatic heterocycles. The highest BCUT2D eigenvalue weighted by molar-refractivity contribution is 5.80. The summed E-state index contributed by atoms with van der Waals surface area (Å²) in [6.07, 6.45) is 6.30. The van der Waals surface area contributed by atoms with Gasteiger partial charge < -0.3 is 9.47 Å². The number of cyclic esters (lactones) is 1. The molecule has 2 unspecified atom stereocenters. The maximum Gasteiger partial charge on any atom is 0.340 e. The average Bonchev–Trinajstić information content (AvgIpc) is 2.55. The van der Waals surface area contributed by atoms with Gasteiger partial charge in [-0.15, -0.1) is 0 Å². The quantitative estimate of drug-likeness (QED) is 0.531. The van der Waals surface area contributed by atoms with Crippen molar-refractivity contribution in [3.05, 3.63) is 0 Å². The van der Waals surface area contributed by atoms with E-state index in [0.29, 0.717) is 0 Å². The van der Waals surface area contributed by atoms with Crippen LogP contribution in [0, 0.1) is 5.41 Å². The van der Waals surface area contributed by atoms with Crippen molar-refractivity contribution in [2.75, 3.05) is 0 Å². The molecule has 0 aromatic rings. The summed E-state index contributed by atoms with van der Waals surface area (Å²) in [5.41, 5.74) is -0.889. The molecule has 1 aliphatic rings. The van der Waals surface area contributed by atoms with Crippen molar-refractivity contribution in [3.8, 4) is 0 Å². The molecule has 0 N–H and O–H groups in total. The number of rotatable bonds is 6. The van der Waals surface area contributed by atoms with Crippen molar-refractivity contribution < 1.29 is 14.3 Å². The standard InChI is InChI=1S/C15H28O3/c1-6-7-8-9-10-11-15(5)12(16)17-13(18-15)14(2,3)4/h13H,6-11H2,1-5H3. The van der Waals surface area contributed by atoms with Gasteiger partial charge in [-0.05, 0) is 19.8 Å². The molecule has 1 saturated heterocycles. The van der Waals surface area contributed by atoms with E-state index in [1.807, 2.05) is 27.7 Å². The first kappa shape index (κ1) is 15.5. The minimum atomic E-state index is -0.732. The van der Waals surface area contributed by atoms with E-state index in [2.05, 4.69) is 6.92 Å². The van der Waals surface area contributed by atoms with Crippen molar-refractivity contribution in [2.45, 2.75) is 85.0 Å². The van der Waals surface area contributed by atoms with E-state index in [4.69, 9.17) is 9.47 Å². The minimum absolute atomic E-state index is 0.157. The molecule has 0 saturated carbocycles. The van der Waals surface area contributed by atoms with E-state index in [0.717, 1.165) is 12.8 Å². The first-order valence-corrected chi connectivity index (χ1v) is 7.18. The lowest BCUT2D eigenvalue weighted by atomic mass is 9.95. The SMILES string of the molecule is CCCCCCCC1(C)OC(C(C)(C)C)OC1=O. The molecule has 0 spiro atoms. The Kier molecular flexibility index (Phi) is 5.20. The molecule has 106 valence electrons. The third kappa shape index (κ3) is 3.98. The van der Waals surface area contributed by atoms with Gasteiger partial charge in [0, 0.05) is 5.41 Å². The Bertz CT molecular complexity index is 280. The summed E-state index contributed by atoms with van der Waals surface area (Å²) >= 11 is 0. The molecule has 0 aliphatic carbocycles. The Morgan fingerprint density at radius 3 is 2.28 bits per heavy atom. The zero-order valence-corrected chi connectivity index (χ0v) is 12.5. The van der Waals surface area contributed by atoms with Gasteiger partial charge in [0.05, 0.1) is 0 Å². The predicted molar refractivity (Wildman–Crippen MR) is 72.2 cm³/mol. The van der Waals surface area contributed by atoms with Crippen LogP contribution in [0.25, 0.3) is 0 Å². The number of hydrogen-bond donors (Lipinski definition) is 0. The van der Waals surface area contributed by atoms with Gasteiger partial charge in [0.15, 0.2) is 5.60 Å². The van der Waals surface area contributed by atoms with Crippen LogP contribution in [0.1, 0.15) is 73.1 Å². The summed E-state index contributed by atoms with van der Waals surface area (Å²) in [5, 5.41) is 0. The molecular formula is C15H28O3. The summed E-state index contributed by atoms with van der Waals surface area (Å²) in [6.45, 7) is 10.1. The summed E-state index contributed by atoms with van der Waals surface area (Å²) < 4.78 is 11.2. The Hall–Kier alpha value is -0.570. The normalized spacial score (nSPS) is 28.5. The van der Waals surface area contributed by atoms with Crippen molar-refractivity contribution in [1.29, 1.82) is 0 Å². The molecule has 0 radical (unpaired) electrons. The maximum atomic E-state index is 11.9. The van der Waals surface area contributed by atoms with Crippen LogP contribution in [-0.2, 0) is 14.3 Å². The fourth-order valence-corrected chi connectivity index (χ4v) is 2.11. The zero-order valence-electron chi connectivity index (χ0n) is 12.5. The van der Waals surface area contributed by atoms with Crippen LogP contribution in [-0.4, -0.2) is 17.9 Å². The summed E-state index contributed by atoms with van der Waals surface area (Å²) in [7, 11) is 0. The van der Waals surface area contributed by atoms with Crippen LogP contribution in [0.15, 0.2) is 0 Å². The van der Waals surface area contributed by atoms with Crippen LogP contribution in [0.4, 0.5) is 0 Å². The molecule has 0 amide bonds. The average molecular weight is 256 g/mol. The van der Waals surface area contributed by atoms with E-state index in [-0.39, 0.29) is 11.4 Å². The van der Waals surface area contributed by atoms with Gasteiger partial charge in [-0.3, -0.25) is 0 Å². The number of hydrogen-bond acceptors (Lipinski definition) is 3. The third-order valence-electron chi connectivity index (χ3n) is 3.48. The lowest BCUT2D eigenvalue weighted by molar-refractivity contribution is -0.155. The van der Waals surface area contributed by atoms with E-state index < -0.39 is 11.9 Å². The number of esters is 1. The summed E-state index contributed by atoms with van der Waals surface area (Å²) in [4.78, 5) is 11.9. The highest BCUT2D eigenvalue weighted by atomic mass is 16.8. The molecular weight excluding hydrogens is 228 g/mol. The van der Waals surface area contributed by atoms with Gasteiger partial charge in [-0.25, -0.2) is 4.79 Å². The maximum absolute atomic E-state index is 11.9. The number of carbonyl (C=O) groups excluding carboxylic acids is 1. The predicted octanol–water partition coefficient (Wildman–Crippen LogP) is 4.05. The molecule has 0 aromatic carbocycles. The molecule has 0 aromatic heterocycles. The fourth-order valence-electron chi connectivity index (χ4n) is 2.11. The second-order valence-electron chi connectivity index (χ2n) is 6.62. The van der Waals surface area contributed by atoms with Crippen LogP contribution in [0.2, 0.25) is 0 Å². The second-order valence-corrected chi connectivity index (χ2v) is 6.62. The zero-order chi connectivity index (χ0) is 13.8. The molecule has 1 rings (SSSR count). The molecule has 3 heteroatoms. The Labute approximate surface area is 111 Å². The lowest BCUT2D eigenvalue weighted by Gasteiger charge is -2.26. The van der Waals surface area contributed by atoms with Crippen LogP contribution >= 0.6 is 0 Å². The first-order valence-electron chi connectivity index (χ1n) is 7.18. The van der Waals surface area contributed by atoms with E-state index in [9.17, 15) is 4.79 Å². The molecule has 3 nitrogen and oxygen atoms in total. The van der Waals surface area contributed by atoms with Crippen molar-refractivity contribution in [1.82, 2.24) is 0 Å². The second kappa shape index (κ2) is 6.05. The molecule has 1 fully saturated rings. The van der Waals surface area contributed by atoms with Crippen molar-refractivity contribution >= 4 is 5.97 Å². The van der Waals surface area contributed by atoms with Gasteiger partial charge in [0.2, 0.25) is 6.29 Å². The van der Waals surface area contributed by atoms with Gasteiger partial charge in [-0.2, -0.15) is 0 Å². The Morgan fingerprint density at radius 1 is 1.17 bits per heavy atom. The topological polar surface area (TPSA) is 35.5 Å². The van der Waals surface area contributed by atoms with E-state index >= 15 is 0 Å². The first-order chi connectivity index (χ1) is 8.29. The van der Waals surface area contributed by atoms with Crippen LogP contribution < -0.4 is 0 Å². The molecule has 0 bridgehead atoms. The van der Waals surface area contributed by atoms with Crippen LogP contribution in [0.5, 0.6) is 0 Å². The van der Waals surface area contributed by atoms with Gasteiger partial charge in [0.25, 0.3) is 0 Å². The van der Waals surface area contributed by atoms with Crippen molar-refractivity contribution in [2.24, 2.45) is 5.41 Å². The minimum Gasteiger partial charge on any atom is -0.433 e. The number of unbranched alkanes of at least 4 members (excludes halogenated alkanes) is 4. The third-order valence-corrected chi connectivity index (χ3v) is 3.48.